The molecule has 0 spiro atoms. The fourth-order valence-corrected chi connectivity index (χ4v) is 2.65. The zero-order chi connectivity index (χ0) is 17.1. The standard InChI is InChI=1S/C19H21NO4/c1-12-4-6-16(13(2)8-12)22-10-19(21)20-14(3)15-5-7-17-18(9-15)24-11-23-17/h4-9,14H,10-11H2,1-3H3,(H,20,21)/t14-/m1/s1. The Morgan fingerprint density at radius 1 is 1.17 bits per heavy atom. The topological polar surface area (TPSA) is 56.8 Å². The first-order valence-electron chi connectivity index (χ1n) is 7.92. The molecule has 0 unspecified atom stereocenters. The van der Waals surface area contributed by atoms with Crippen molar-refractivity contribution in [1.29, 1.82) is 0 Å². The van der Waals surface area contributed by atoms with Crippen LogP contribution in [0.15, 0.2) is 36.4 Å². The summed E-state index contributed by atoms with van der Waals surface area (Å²) in [6, 6.07) is 11.4. The molecule has 0 saturated heterocycles. The molecular weight excluding hydrogens is 306 g/mol. The van der Waals surface area contributed by atoms with Crippen LogP contribution in [-0.2, 0) is 4.79 Å². The van der Waals surface area contributed by atoms with E-state index >= 15 is 0 Å². The minimum absolute atomic E-state index is 0.0151. The number of rotatable bonds is 5. The number of amides is 1. The fraction of sp³-hybridized carbons (Fsp3) is 0.316. The van der Waals surface area contributed by atoms with Crippen LogP contribution in [-0.4, -0.2) is 19.3 Å². The van der Waals surface area contributed by atoms with Crippen LogP contribution in [0.5, 0.6) is 17.2 Å². The number of fused-ring (bicyclic) bond motifs is 1. The molecule has 0 aliphatic carbocycles. The van der Waals surface area contributed by atoms with Crippen molar-refractivity contribution in [2.45, 2.75) is 26.8 Å². The average molecular weight is 327 g/mol. The Bertz CT molecular complexity index is 757. The maximum atomic E-state index is 12.1. The van der Waals surface area contributed by atoms with E-state index in [1.165, 1.54) is 5.56 Å². The molecule has 0 radical (unpaired) electrons. The van der Waals surface area contributed by atoms with Crippen LogP contribution in [0.2, 0.25) is 0 Å². The van der Waals surface area contributed by atoms with Gasteiger partial charge in [0, 0.05) is 0 Å². The van der Waals surface area contributed by atoms with Gasteiger partial charge in [0.15, 0.2) is 18.1 Å². The van der Waals surface area contributed by atoms with E-state index < -0.39 is 0 Å². The number of hydrogen-bond donors (Lipinski definition) is 1. The summed E-state index contributed by atoms with van der Waals surface area (Å²) in [5.74, 6) is 2.00. The van der Waals surface area contributed by atoms with Crippen LogP contribution >= 0.6 is 0 Å². The highest BCUT2D eigenvalue weighted by Gasteiger charge is 2.17. The Labute approximate surface area is 141 Å². The number of benzene rings is 2. The summed E-state index contributed by atoms with van der Waals surface area (Å²) in [5.41, 5.74) is 3.14. The third kappa shape index (κ3) is 3.62. The lowest BCUT2D eigenvalue weighted by Gasteiger charge is -2.16. The van der Waals surface area contributed by atoms with Gasteiger partial charge < -0.3 is 19.5 Å². The van der Waals surface area contributed by atoms with Crippen LogP contribution < -0.4 is 19.5 Å². The number of carbonyl (C=O) groups is 1. The van der Waals surface area contributed by atoms with E-state index in [1.54, 1.807) is 0 Å². The summed E-state index contributed by atoms with van der Waals surface area (Å²) in [4.78, 5) is 12.1. The first kappa shape index (κ1) is 16.2. The van der Waals surface area contributed by atoms with Crippen molar-refractivity contribution in [3.8, 4) is 17.2 Å². The van der Waals surface area contributed by atoms with Crippen LogP contribution in [0.1, 0.15) is 29.7 Å². The van der Waals surface area contributed by atoms with E-state index in [4.69, 9.17) is 14.2 Å². The molecule has 1 heterocycles. The SMILES string of the molecule is Cc1ccc(OCC(=O)N[C@H](C)c2ccc3c(c2)OCO3)c(C)c1. The van der Waals surface area contributed by atoms with E-state index in [0.29, 0.717) is 5.75 Å². The second-order valence-corrected chi connectivity index (χ2v) is 5.96. The fourth-order valence-electron chi connectivity index (χ4n) is 2.65. The van der Waals surface area contributed by atoms with Crippen LogP contribution in [0.3, 0.4) is 0 Å². The predicted octanol–water partition coefficient (Wildman–Crippen LogP) is 3.29. The molecule has 0 bridgehead atoms. The molecule has 0 fully saturated rings. The van der Waals surface area contributed by atoms with Gasteiger partial charge in [0.25, 0.3) is 5.91 Å². The number of carbonyl (C=O) groups excluding carboxylic acids is 1. The molecule has 1 aliphatic rings. The molecule has 1 aliphatic heterocycles. The van der Waals surface area contributed by atoms with Gasteiger partial charge in [0.1, 0.15) is 5.75 Å². The summed E-state index contributed by atoms with van der Waals surface area (Å²) in [5, 5.41) is 2.93. The van der Waals surface area contributed by atoms with Crippen molar-refractivity contribution in [3.05, 3.63) is 53.1 Å². The molecule has 5 nitrogen and oxygen atoms in total. The Hall–Kier alpha value is -2.69. The van der Waals surface area contributed by atoms with Gasteiger partial charge in [-0.3, -0.25) is 4.79 Å². The van der Waals surface area contributed by atoms with E-state index in [9.17, 15) is 4.79 Å². The molecule has 2 aromatic carbocycles. The molecule has 126 valence electrons. The molecule has 0 aromatic heterocycles. The molecule has 24 heavy (non-hydrogen) atoms. The van der Waals surface area contributed by atoms with Crippen LogP contribution in [0.4, 0.5) is 0 Å². The molecule has 1 N–H and O–H groups in total. The van der Waals surface area contributed by atoms with Gasteiger partial charge in [-0.25, -0.2) is 0 Å². The van der Waals surface area contributed by atoms with E-state index in [0.717, 1.165) is 22.6 Å². The lowest BCUT2D eigenvalue weighted by molar-refractivity contribution is -0.123. The van der Waals surface area contributed by atoms with Crippen molar-refractivity contribution < 1.29 is 19.0 Å². The number of hydrogen-bond acceptors (Lipinski definition) is 4. The zero-order valence-electron chi connectivity index (χ0n) is 14.1. The van der Waals surface area contributed by atoms with Crippen molar-refractivity contribution in [2.24, 2.45) is 0 Å². The van der Waals surface area contributed by atoms with E-state index in [1.807, 2.05) is 57.2 Å². The molecule has 2 aromatic rings. The molecule has 5 heteroatoms. The second-order valence-electron chi connectivity index (χ2n) is 5.96. The molecule has 0 saturated carbocycles. The average Bonchev–Trinajstić information content (AvgIpc) is 3.01. The maximum Gasteiger partial charge on any atom is 0.258 e. The highest BCUT2D eigenvalue weighted by molar-refractivity contribution is 5.78. The summed E-state index contributed by atoms with van der Waals surface area (Å²) in [6.45, 7) is 6.14. The lowest BCUT2D eigenvalue weighted by Crippen LogP contribution is -2.31. The third-order valence-electron chi connectivity index (χ3n) is 3.96. The number of aryl methyl sites for hydroxylation is 2. The second kappa shape index (κ2) is 6.83. The third-order valence-corrected chi connectivity index (χ3v) is 3.96. The smallest absolute Gasteiger partial charge is 0.258 e. The first-order valence-corrected chi connectivity index (χ1v) is 7.92. The first-order chi connectivity index (χ1) is 11.5. The van der Waals surface area contributed by atoms with Crippen molar-refractivity contribution in [2.75, 3.05) is 13.4 Å². The summed E-state index contributed by atoms with van der Waals surface area (Å²) < 4.78 is 16.3. The van der Waals surface area contributed by atoms with Gasteiger partial charge in [-0.15, -0.1) is 0 Å². The van der Waals surface area contributed by atoms with Crippen molar-refractivity contribution >= 4 is 5.91 Å². The van der Waals surface area contributed by atoms with E-state index in [-0.39, 0.29) is 25.3 Å². The van der Waals surface area contributed by atoms with Gasteiger partial charge in [-0.05, 0) is 50.1 Å². The molecule has 1 amide bonds. The van der Waals surface area contributed by atoms with Gasteiger partial charge in [-0.1, -0.05) is 23.8 Å². The molecular formula is C19H21NO4. The highest BCUT2D eigenvalue weighted by Crippen LogP contribution is 2.34. The quantitative estimate of drug-likeness (QED) is 0.915. The summed E-state index contributed by atoms with van der Waals surface area (Å²) >= 11 is 0. The number of nitrogens with one attached hydrogen (secondary N) is 1. The molecule has 1 atom stereocenters. The largest absolute Gasteiger partial charge is 0.484 e. The predicted molar refractivity (Wildman–Crippen MR) is 90.5 cm³/mol. The minimum atomic E-state index is -0.167. The van der Waals surface area contributed by atoms with Crippen LogP contribution in [0.25, 0.3) is 0 Å². The zero-order valence-corrected chi connectivity index (χ0v) is 14.1. The van der Waals surface area contributed by atoms with Gasteiger partial charge in [-0.2, -0.15) is 0 Å². The summed E-state index contributed by atoms with van der Waals surface area (Å²) in [6.07, 6.45) is 0. The van der Waals surface area contributed by atoms with Gasteiger partial charge in [0.05, 0.1) is 6.04 Å². The van der Waals surface area contributed by atoms with Crippen molar-refractivity contribution in [1.82, 2.24) is 5.32 Å². The van der Waals surface area contributed by atoms with Crippen molar-refractivity contribution in [3.63, 3.8) is 0 Å². The Kier molecular flexibility index (Phi) is 4.60. The normalized spacial score (nSPS) is 13.5. The Balaban J connectivity index is 1.56. The Morgan fingerprint density at radius 3 is 2.75 bits per heavy atom. The van der Waals surface area contributed by atoms with Crippen LogP contribution in [0, 0.1) is 13.8 Å². The van der Waals surface area contributed by atoms with Gasteiger partial charge in [0.2, 0.25) is 6.79 Å². The maximum absolute atomic E-state index is 12.1. The minimum Gasteiger partial charge on any atom is -0.484 e. The lowest BCUT2D eigenvalue weighted by atomic mass is 10.1. The monoisotopic (exact) mass is 327 g/mol. The van der Waals surface area contributed by atoms with E-state index in [2.05, 4.69) is 5.32 Å². The highest BCUT2D eigenvalue weighted by atomic mass is 16.7. The molecule has 3 rings (SSSR count). The number of ether oxygens (including phenoxy) is 3. The van der Waals surface area contributed by atoms with Gasteiger partial charge >= 0.3 is 0 Å². The Morgan fingerprint density at radius 2 is 1.96 bits per heavy atom. The summed E-state index contributed by atoms with van der Waals surface area (Å²) in [7, 11) is 0.